The van der Waals surface area contributed by atoms with Gasteiger partial charge in [0.25, 0.3) is 0 Å². The minimum atomic E-state index is 0. The molecule has 0 spiro atoms. The van der Waals surface area contributed by atoms with Crippen LogP contribution in [-0.4, -0.2) is 12.2 Å². The van der Waals surface area contributed by atoms with Crippen molar-refractivity contribution in [1.29, 1.82) is 0 Å². The number of phenolic OH excluding ortho intramolecular Hbond substituents is 1. The maximum absolute atomic E-state index is 9.56. The van der Waals surface area contributed by atoms with Crippen LogP contribution in [0.1, 0.15) is 24.4 Å². The third-order valence-corrected chi connectivity index (χ3v) is 2.72. The largest absolute Gasteiger partial charge is 0.504 e. The first kappa shape index (κ1) is 12.1. The molecule has 1 aliphatic carbocycles. The molecule has 1 fully saturated rings. The highest BCUT2D eigenvalue weighted by molar-refractivity contribution is 5.85. The fourth-order valence-electron chi connectivity index (χ4n) is 1.64. The molecular formula is C11H16ClNO2. The first-order chi connectivity index (χ1) is 6.72. The molecule has 15 heavy (non-hydrogen) atoms. The topological polar surface area (TPSA) is 55.5 Å². The molecule has 0 radical (unpaired) electrons. The summed E-state index contributed by atoms with van der Waals surface area (Å²) in [5.41, 5.74) is 7.00. The predicted octanol–water partition coefficient (Wildman–Crippen LogP) is 2.23. The van der Waals surface area contributed by atoms with Crippen LogP contribution < -0.4 is 10.5 Å². The van der Waals surface area contributed by atoms with Gasteiger partial charge in [0.05, 0.1) is 7.11 Å². The minimum absolute atomic E-state index is 0. The summed E-state index contributed by atoms with van der Waals surface area (Å²) in [6, 6.07) is 5.43. The Kier molecular flexibility index (Phi) is 3.83. The van der Waals surface area contributed by atoms with E-state index in [-0.39, 0.29) is 24.2 Å². The Labute approximate surface area is 95.7 Å². The molecule has 0 unspecified atom stereocenters. The summed E-state index contributed by atoms with van der Waals surface area (Å²) in [5.74, 6) is 1.26. The van der Waals surface area contributed by atoms with Crippen molar-refractivity contribution in [2.75, 3.05) is 7.11 Å². The average Bonchev–Trinajstić information content (AvgIpc) is 3.00. The molecule has 1 saturated carbocycles. The normalized spacial score (nSPS) is 16.7. The van der Waals surface area contributed by atoms with Crippen molar-refractivity contribution in [3.63, 3.8) is 0 Å². The van der Waals surface area contributed by atoms with Crippen molar-refractivity contribution >= 4 is 12.4 Å². The van der Waals surface area contributed by atoms with Crippen molar-refractivity contribution in [3.8, 4) is 11.5 Å². The van der Waals surface area contributed by atoms with E-state index < -0.39 is 0 Å². The van der Waals surface area contributed by atoms with Crippen LogP contribution in [0.15, 0.2) is 18.2 Å². The van der Waals surface area contributed by atoms with Gasteiger partial charge in [0.1, 0.15) is 0 Å². The minimum Gasteiger partial charge on any atom is -0.504 e. The highest BCUT2D eigenvalue weighted by Gasteiger charge is 2.29. The standard InChI is InChI=1S/C11H15NO2.ClH/c1-14-10-5-4-8(6-9(10)13)11(12)7-2-3-7;/h4-7,11,13H,2-3,12H2,1H3;1H/t11-;/m1./s1. The monoisotopic (exact) mass is 229 g/mol. The van der Waals surface area contributed by atoms with E-state index in [4.69, 9.17) is 10.5 Å². The number of ether oxygens (including phenoxy) is 1. The lowest BCUT2D eigenvalue weighted by molar-refractivity contribution is 0.372. The van der Waals surface area contributed by atoms with Crippen molar-refractivity contribution in [1.82, 2.24) is 0 Å². The lowest BCUT2D eigenvalue weighted by Gasteiger charge is -2.12. The molecule has 1 aromatic rings. The van der Waals surface area contributed by atoms with E-state index in [1.165, 1.54) is 20.0 Å². The Morgan fingerprint density at radius 2 is 2.13 bits per heavy atom. The van der Waals surface area contributed by atoms with Crippen molar-refractivity contribution < 1.29 is 9.84 Å². The smallest absolute Gasteiger partial charge is 0.160 e. The average molecular weight is 230 g/mol. The molecule has 0 aromatic heterocycles. The SMILES string of the molecule is COc1ccc([C@H](N)C2CC2)cc1O.Cl. The summed E-state index contributed by atoms with van der Waals surface area (Å²) >= 11 is 0. The van der Waals surface area contributed by atoms with Crippen LogP contribution in [0.2, 0.25) is 0 Å². The van der Waals surface area contributed by atoms with Crippen LogP contribution in [0, 0.1) is 5.92 Å². The molecule has 0 amide bonds. The highest BCUT2D eigenvalue weighted by atomic mass is 35.5. The molecular weight excluding hydrogens is 214 g/mol. The van der Waals surface area contributed by atoms with Crippen LogP contribution in [0.3, 0.4) is 0 Å². The van der Waals surface area contributed by atoms with Gasteiger partial charge in [-0.3, -0.25) is 0 Å². The van der Waals surface area contributed by atoms with Gasteiger partial charge in [-0.25, -0.2) is 0 Å². The van der Waals surface area contributed by atoms with Gasteiger partial charge in [-0.2, -0.15) is 0 Å². The number of phenols is 1. The summed E-state index contributed by atoms with van der Waals surface area (Å²) in [6.07, 6.45) is 2.40. The molecule has 0 heterocycles. The lowest BCUT2D eigenvalue weighted by Crippen LogP contribution is -2.12. The summed E-state index contributed by atoms with van der Waals surface area (Å²) in [7, 11) is 1.54. The predicted molar refractivity (Wildman–Crippen MR) is 61.6 cm³/mol. The Morgan fingerprint density at radius 1 is 1.47 bits per heavy atom. The van der Waals surface area contributed by atoms with Crippen LogP contribution in [0.25, 0.3) is 0 Å². The van der Waals surface area contributed by atoms with Gasteiger partial charge < -0.3 is 15.6 Å². The summed E-state index contributed by atoms with van der Waals surface area (Å²) in [5, 5.41) is 9.56. The molecule has 0 aliphatic heterocycles. The number of methoxy groups -OCH3 is 1. The third kappa shape index (κ3) is 2.55. The fourth-order valence-corrected chi connectivity index (χ4v) is 1.64. The van der Waals surface area contributed by atoms with Gasteiger partial charge >= 0.3 is 0 Å². The second kappa shape index (κ2) is 4.73. The Bertz CT molecular complexity index is 339. The highest BCUT2D eigenvalue weighted by Crippen LogP contribution is 2.41. The van der Waals surface area contributed by atoms with E-state index in [0.29, 0.717) is 11.7 Å². The molecule has 3 nitrogen and oxygen atoms in total. The van der Waals surface area contributed by atoms with Crippen molar-refractivity contribution in [3.05, 3.63) is 23.8 Å². The number of nitrogens with two attached hydrogens (primary N) is 1. The lowest BCUT2D eigenvalue weighted by atomic mass is 10.0. The number of aromatic hydroxyl groups is 1. The Morgan fingerprint density at radius 3 is 2.60 bits per heavy atom. The summed E-state index contributed by atoms with van der Waals surface area (Å²) in [6.45, 7) is 0. The molecule has 1 aromatic carbocycles. The molecule has 1 atom stereocenters. The van der Waals surface area contributed by atoms with Gasteiger partial charge in [-0.05, 0) is 36.5 Å². The Balaban J connectivity index is 0.00000112. The number of halogens is 1. The summed E-state index contributed by atoms with van der Waals surface area (Å²) in [4.78, 5) is 0. The van der Waals surface area contributed by atoms with Crippen molar-refractivity contribution in [2.45, 2.75) is 18.9 Å². The van der Waals surface area contributed by atoms with Crippen LogP contribution in [0.5, 0.6) is 11.5 Å². The molecule has 2 rings (SSSR count). The van der Waals surface area contributed by atoms with Gasteiger partial charge in [-0.1, -0.05) is 6.07 Å². The first-order valence-electron chi connectivity index (χ1n) is 4.85. The Hall–Kier alpha value is -0.930. The second-order valence-corrected chi connectivity index (χ2v) is 3.79. The van der Waals surface area contributed by atoms with Gasteiger partial charge in [0.2, 0.25) is 0 Å². The number of rotatable bonds is 3. The van der Waals surface area contributed by atoms with Gasteiger partial charge in [-0.15, -0.1) is 12.4 Å². The molecule has 0 saturated heterocycles. The maximum atomic E-state index is 9.56. The van der Waals surface area contributed by atoms with Crippen LogP contribution in [-0.2, 0) is 0 Å². The van der Waals surface area contributed by atoms with Gasteiger partial charge in [0, 0.05) is 6.04 Å². The second-order valence-electron chi connectivity index (χ2n) is 3.79. The maximum Gasteiger partial charge on any atom is 0.160 e. The van der Waals surface area contributed by atoms with E-state index in [1.807, 2.05) is 6.07 Å². The number of hydrogen-bond acceptors (Lipinski definition) is 3. The molecule has 3 N–H and O–H groups in total. The molecule has 4 heteroatoms. The van der Waals surface area contributed by atoms with E-state index in [2.05, 4.69) is 0 Å². The zero-order chi connectivity index (χ0) is 10.1. The first-order valence-corrected chi connectivity index (χ1v) is 4.85. The summed E-state index contributed by atoms with van der Waals surface area (Å²) < 4.78 is 4.96. The van der Waals surface area contributed by atoms with E-state index in [9.17, 15) is 5.11 Å². The number of benzene rings is 1. The molecule has 0 bridgehead atoms. The van der Waals surface area contributed by atoms with Gasteiger partial charge in [0.15, 0.2) is 11.5 Å². The zero-order valence-corrected chi connectivity index (χ0v) is 9.46. The number of hydrogen-bond donors (Lipinski definition) is 2. The fraction of sp³-hybridized carbons (Fsp3) is 0.455. The van der Waals surface area contributed by atoms with E-state index >= 15 is 0 Å². The third-order valence-electron chi connectivity index (χ3n) is 2.72. The molecule has 1 aliphatic rings. The van der Waals surface area contributed by atoms with Crippen LogP contribution in [0.4, 0.5) is 0 Å². The zero-order valence-electron chi connectivity index (χ0n) is 8.64. The quantitative estimate of drug-likeness (QED) is 0.836. The van der Waals surface area contributed by atoms with Crippen LogP contribution >= 0.6 is 12.4 Å². The van der Waals surface area contributed by atoms with E-state index in [1.54, 1.807) is 12.1 Å². The van der Waals surface area contributed by atoms with E-state index in [0.717, 1.165) is 5.56 Å². The van der Waals surface area contributed by atoms with Crippen molar-refractivity contribution in [2.24, 2.45) is 11.7 Å². The molecule has 84 valence electrons.